The molecule has 1 aliphatic rings. The molecule has 0 bridgehead atoms. The first-order chi connectivity index (χ1) is 20.5. The Bertz CT molecular complexity index is 1110. The molecular weight excluding hydrogens is 620 g/mol. The van der Waals surface area contributed by atoms with Crippen LogP contribution in [0.25, 0.3) is 0 Å². The minimum absolute atomic E-state index is 0. The number of hydrogen-bond donors (Lipinski definition) is 0. The SMILES string of the molecule is Br.CCCCCCCCCCCCCCOc1cc(CCN(C(C)=O)c2cccc(CN3C=C(C)SC3)c2)ccc1OC. The monoisotopic (exact) mass is 674 g/mol. The molecule has 0 saturated carbocycles. The van der Waals surface area contributed by atoms with Gasteiger partial charge in [0.15, 0.2) is 11.5 Å². The van der Waals surface area contributed by atoms with Crippen molar-refractivity contribution in [3.8, 4) is 11.5 Å². The van der Waals surface area contributed by atoms with Crippen LogP contribution in [0.5, 0.6) is 11.5 Å². The van der Waals surface area contributed by atoms with Gasteiger partial charge in [-0.05, 0) is 60.1 Å². The highest BCUT2D eigenvalue weighted by molar-refractivity contribution is 8.93. The van der Waals surface area contributed by atoms with Crippen LogP contribution in [0.4, 0.5) is 5.69 Å². The van der Waals surface area contributed by atoms with Crippen LogP contribution in [0.15, 0.2) is 53.6 Å². The number of rotatable bonds is 21. The molecule has 0 spiro atoms. The number of carbonyl (C=O) groups is 1. The van der Waals surface area contributed by atoms with E-state index in [4.69, 9.17) is 9.47 Å². The van der Waals surface area contributed by atoms with Gasteiger partial charge in [-0.25, -0.2) is 0 Å². The van der Waals surface area contributed by atoms with Crippen molar-refractivity contribution >= 4 is 40.3 Å². The van der Waals surface area contributed by atoms with Gasteiger partial charge in [0.2, 0.25) is 5.91 Å². The van der Waals surface area contributed by atoms with Crippen LogP contribution < -0.4 is 14.4 Å². The molecule has 0 aromatic heterocycles. The Kier molecular flexibility index (Phi) is 18.6. The van der Waals surface area contributed by atoms with Gasteiger partial charge in [-0.1, -0.05) is 95.8 Å². The quantitative estimate of drug-likeness (QED) is 0.123. The van der Waals surface area contributed by atoms with Crippen molar-refractivity contribution in [3.05, 3.63) is 64.7 Å². The molecule has 1 amide bonds. The average molecular weight is 676 g/mol. The van der Waals surface area contributed by atoms with Gasteiger partial charge in [-0.15, -0.1) is 28.7 Å². The number of nitrogens with zero attached hydrogens (tertiary/aromatic N) is 2. The summed E-state index contributed by atoms with van der Waals surface area (Å²) in [5.41, 5.74) is 3.30. The van der Waals surface area contributed by atoms with E-state index in [1.54, 1.807) is 14.0 Å². The minimum Gasteiger partial charge on any atom is -0.493 e. The van der Waals surface area contributed by atoms with E-state index in [0.717, 1.165) is 48.0 Å². The molecular formula is C36H55BrN2O3S. The fourth-order valence-corrected chi connectivity index (χ4v) is 6.25. The number of unbranched alkanes of at least 4 members (excludes halogenated alkanes) is 11. The van der Waals surface area contributed by atoms with Crippen molar-refractivity contribution in [2.24, 2.45) is 0 Å². The lowest BCUT2D eigenvalue weighted by molar-refractivity contribution is -0.116. The maximum Gasteiger partial charge on any atom is 0.223 e. The number of hydrogen-bond acceptors (Lipinski definition) is 5. The van der Waals surface area contributed by atoms with Gasteiger partial charge in [0.25, 0.3) is 0 Å². The zero-order chi connectivity index (χ0) is 30.0. The second kappa shape index (κ2) is 21.6. The third-order valence-corrected chi connectivity index (χ3v) is 8.94. The highest BCUT2D eigenvalue weighted by atomic mass is 79.9. The van der Waals surface area contributed by atoms with E-state index in [1.807, 2.05) is 28.8 Å². The molecule has 0 unspecified atom stereocenters. The number of amides is 1. The number of thioether (sulfide) groups is 1. The first-order valence-corrected chi connectivity index (χ1v) is 17.2. The standard InChI is InChI=1S/C36H54N2O3S.BrH/c1-5-6-7-8-9-10-11-12-13-14-15-16-24-41-36-26-32(20-21-35(36)40-4)22-23-38(31(3)39)34-19-17-18-33(25-34)28-37-27-30(2)42-29-37;/h17-21,25-27H,5-16,22-24,28-29H2,1-4H3;1H. The second-order valence-corrected chi connectivity index (χ2v) is 12.8. The molecule has 1 heterocycles. The van der Waals surface area contributed by atoms with E-state index in [2.05, 4.69) is 55.3 Å². The van der Waals surface area contributed by atoms with Gasteiger partial charge in [-0.3, -0.25) is 4.79 Å². The van der Waals surface area contributed by atoms with Gasteiger partial charge in [-0.2, -0.15) is 0 Å². The molecule has 1 aliphatic heterocycles. The minimum atomic E-state index is 0. The third-order valence-electron chi connectivity index (χ3n) is 7.92. The van der Waals surface area contributed by atoms with Crippen LogP contribution in [0, 0.1) is 0 Å². The predicted molar refractivity (Wildman–Crippen MR) is 190 cm³/mol. The molecule has 43 heavy (non-hydrogen) atoms. The Labute approximate surface area is 276 Å². The molecule has 2 aromatic rings. The zero-order valence-electron chi connectivity index (χ0n) is 27.1. The molecule has 0 saturated heterocycles. The number of allylic oxidation sites excluding steroid dienone is 1. The molecule has 240 valence electrons. The topological polar surface area (TPSA) is 42.0 Å². The Balaban J connectivity index is 0.00000645. The van der Waals surface area contributed by atoms with Crippen molar-refractivity contribution in [2.45, 2.75) is 111 Å². The van der Waals surface area contributed by atoms with Gasteiger partial charge in [0.05, 0.1) is 19.6 Å². The van der Waals surface area contributed by atoms with Gasteiger partial charge < -0.3 is 19.3 Å². The number of methoxy groups -OCH3 is 1. The normalized spacial score (nSPS) is 12.6. The molecule has 0 radical (unpaired) electrons. The smallest absolute Gasteiger partial charge is 0.223 e. The van der Waals surface area contributed by atoms with Gasteiger partial charge in [0.1, 0.15) is 0 Å². The largest absolute Gasteiger partial charge is 0.493 e. The molecule has 0 atom stereocenters. The summed E-state index contributed by atoms with van der Waals surface area (Å²) in [6, 6.07) is 14.5. The second-order valence-electron chi connectivity index (χ2n) is 11.6. The molecule has 0 N–H and O–H groups in total. The first kappa shape index (κ1) is 37.1. The number of ether oxygens (including phenoxy) is 2. The number of anilines is 1. The number of carbonyl (C=O) groups excluding carboxylic acids is 1. The number of benzene rings is 2. The van der Waals surface area contributed by atoms with Gasteiger partial charge in [0, 0.05) is 31.9 Å². The van der Waals surface area contributed by atoms with Crippen molar-refractivity contribution < 1.29 is 14.3 Å². The van der Waals surface area contributed by atoms with Crippen LogP contribution in [-0.4, -0.2) is 36.9 Å². The summed E-state index contributed by atoms with van der Waals surface area (Å²) in [5, 5.41) is 0. The van der Waals surface area contributed by atoms with Gasteiger partial charge >= 0.3 is 0 Å². The van der Waals surface area contributed by atoms with Crippen molar-refractivity contribution in [2.75, 3.05) is 31.0 Å². The van der Waals surface area contributed by atoms with E-state index in [9.17, 15) is 4.79 Å². The maximum absolute atomic E-state index is 12.6. The molecule has 5 nitrogen and oxygen atoms in total. The summed E-state index contributed by atoms with van der Waals surface area (Å²) in [4.78, 5) is 18.2. The Morgan fingerprint density at radius 2 is 1.56 bits per heavy atom. The summed E-state index contributed by atoms with van der Waals surface area (Å²) in [6.07, 6.45) is 18.9. The summed E-state index contributed by atoms with van der Waals surface area (Å²) in [7, 11) is 1.69. The summed E-state index contributed by atoms with van der Waals surface area (Å²) in [5.74, 6) is 2.59. The Morgan fingerprint density at radius 1 is 0.884 bits per heavy atom. The van der Waals surface area contributed by atoms with Crippen molar-refractivity contribution in [1.29, 1.82) is 0 Å². The highest BCUT2D eigenvalue weighted by Crippen LogP contribution is 2.30. The summed E-state index contributed by atoms with van der Waals surface area (Å²) < 4.78 is 11.7. The summed E-state index contributed by atoms with van der Waals surface area (Å²) in [6.45, 7) is 8.23. The highest BCUT2D eigenvalue weighted by Gasteiger charge is 2.15. The van der Waals surface area contributed by atoms with E-state index in [-0.39, 0.29) is 22.9 Å². The van der Waals surface area contributed by atoms with Crippen molar-refractivity contribution in [3.63, 3.8) is 0 Å². The van der Waals surface area contributed by atoms with Crippen LogP contribution in [0.3, 0.4) is 0 Å². The van der Waals surface area contributed by atoms with E-state index in [1.165, 1.54) is 81.1 Å². The Morgan fingerprint density at radius 3 is 2.16 bits per heavy atom. The lowest BCUT2D eigenvalue weighted by Crippen LogP contribution is -2.30. The molecule has 7 heteroatoms. The fraction of sp³-hybridized carbons (Fsp3) is 0.583. The molecule has 3 rings (SSSR count). The molecule has 0 aliphatic carbocycles. The van der Waals surface area contributed by atoms with Crippen LogP contribution in [0.2, 0.25) is 0 Å². The summed E-state index contributed by atoms with van der Waals surface area (Å²) >= 11 is 1.87. The fourth-order valence-electron chi connectivity index (χ4n) is 5.49. The maximum atomic E-state index is 12.6. The molecule has 0 fully saturated rings. The van der Waals surface area contributed by atoms with E-state index in [0.29, 0.717) is 13.2 Å². The first-order valence-electron chi connectivity index (χ1n) is 16.2. The van der Waals surface area contributed by atoms with Crippen LogP contribution >= 0.6 is 28.7 Å². The van der Waals surface area contributed by atoms with E-state index < -0.39 is 0 Å². The third kappa shape index (κ3) is 14.0. The molecule has 2 aromatic carbocycles. The predicted octanol–water partition coefficient (Wildman–Crippen LogP) is 10.3. The van der Waals surface area contributed by atoms with Crippen LogP contribution in [-0.2, 0) is 17.8 Å². The lowest BCUT2D eigenvalue weighted by Gasteiger charge is -2.23. The van der Waals surface area contributed by atoms with Crippen LogP contribution in [0.1, 0.15) is 109 Å². The number of halogens is 1. The Hall–Kier alpha value is -2.12. The average Bonchev–Trinajstić information content (AvgIpc) is 3.39. The van der Waals surface area contributed by atoms with Crippen molar-refractivity contribution in [1.82, 2.24) is 4.90 Å². The van der Waals surface area contributed by atoms with E-state index >= 15 is 0 Å². The lowest BCUT2D eigenvalue weighted by atomic mass is 10.1. The zero-order valence-corrected chi connectivity index (χ0v) is 29.6.